The standard InChI is InChI=1S/C11H21N3O/c1-4-12-11(7-15)5-6-14-8-13-9(2)10(14)3/h8,11-12,15H,4-7H2,1-3H3. The lowest BCUT2D eigenvalue weighted by Crippen LogP contribution is -2.33. The number of hydrogen-bond donors (Lipinski definition) is 2. The average Bonchev–Trinajstić information content (AvgIpc) is 2.55. The van der Waals surface area contributed by atoms with Crippen LogP contribution < -0.4 is 5.32 Å². The van der Waals surface area contributed by atoms with Crippen LogP contribution in [0, 0.1) is 13.8 Å². The second-order valence-corrected chi connectivity index (χ2v) is 3.83. The molecular weight excluding hydrogens is 190 g/mol. The smallest absolute Gasteiger partial charge is 0.0951 e. The summed E-state index contributed by atoms with van der Waals surface area (Å²) in [5.74, 6) is 0. The molecule has 4 heteroatoms. The van der Waals surface area contributed by atoms with Crippen molar-refractivity contribution in [3.63, 3.8) is 0 Å². The molecule has 1 aromatic rings. The fraction of sp³-hybridized carbons (Fsp3) is 0.727. The van der Waals surface area contributed by atoms with Crippen LogP contribution in [0.5, 0.6) is 0 Å². The number of likely N-dealkylation sites (N-methyl/N-ethyl adjacent to an activating group) is 1. The highest BCUT2D eigenvalue weighted by Gasteiger charge is 2.07. The van der Waals surface area contributed by atoms with Gasteiger partial charge in [-0.05, 0) is 26.8 Å². The van der Waals surface area contributed by atoms with E-state index in [1.54, 1.807) is 0 Å². The van der Waals surface area contributed by atoms with Crippen LogP contribution in [-0.4, -0.2) is 33.9 Å². The number of aromatic nitrogens is 2. The van der Waals surface area contributed by atoms with Gasteiger partial charge in [-0.3, -0.25) is 0 Å². The number of nitrogens with zero attached hydrogens (tertiary/aromatic N) is 2. The monoisotopic (exact) mass is 211 g/mol. The molecule has 0 saturated carbocycles. The van der Waals surface area contributed by atoms with E-state index in [2.05, 4.69) is 28.7 Å². The van der Waals surface area contributed by atoms with Crippen molar-refractivity contribution in [1.82, 2.24) is 14.9 Å². The van der Waals surface area contributed by atoms with Crippen molar-refractivity contribution in [3.05, 3.63) is 17.7 Å². The molecule has 0 amide bonds. The maximum atomic E-state index is 9.12. The highest BCUT2D eigenvalue weighted by atomic mass is 16.3. The Labute approximate surface area is 91.3 Å². The van der Waals surface area contributed by atoms with Crippen LogP contribution in [0.25, 0.3) is 0 Å². The summed E-state index contributed by atoms with van der Waals surface area (Å²) in [5.41, 5.74) is 2.29. The largest absolute Gasteiger partial charge is 0.395 e. The fourth-order valence-electron chi connectivity index (χ4n) is 1.61. The highest BCUT2D eigenvalue weighted by molar-refractivity contribution is 5.08. The van der Waals surface area contributed by atoms with Crippen LogP contribution >= 0.6 is 0 Å². The first-order chi connectivity index (χ1) is 7.19. The van der Waals surface area contributed by atoms with Crippen molar-refractivity contribution < 1.29 is 5.11 Å². The Bertz CT molecular complexity index is 296. The molecule has 2 N–H and O–H groups in total. The van der Waals surface area contributed by atoms with E-state index in [9.17, 15) is 0 Å². The van der Waals surface area contributed by atoms with E-state index < -0.39 is 0 Å². The number of rotatable bonds is 6. The van der Waals surface area contributed by atoms with Gasteiger partial charge >= 0.3 is 0 Å². The molecule has 0 radical (unpaired) electrons. The molecule has 0 aliphatic carbocycles. The molecule has 1 aromatic heterocycles. The molecule has 0 aliphatic rings. The van der Waals surface area contributed by atoms with Gasteiger partial charge in [0.15, 0.2) is 0 Å². The van der Waals surface area contributed by atoms with E-state index in [0.29, 0.717) is 0 Å². The molecule has 0 saturated heterocycles. The predicted octanol–water partition coefficient (Wildman–Crippen LogP) is 0.860. The second kappa shape index (κ2) is 5.88. The molecular formula is C11H21N3O. The van der Waals surface area contributed by atoms with E-state index in [1.807, 2.05) is 13.3 Å². The summed E-state index contributed by atoms with van der Waals surface area (Å²) in [6.45, 7) is 8.14. The van der Waals surface area contributed by atoms with Gasteiger partial charge in [-0.1, -0.05) is 6.92 Å². The van der Waals surface area contributed by atoms with E-state index in [0.717, 1.165) is 25.2 Å². The minimum absolute atomic E-state index is 0.192. The van der Waals surface area contributed by atoms with Gasteiger partial charge in [0, 0.05) is 18.3 Å². The number of hydrogen-bond acceptors (Lipinski definition) is 3. The first-order valence-electron chi connectivity index (χ1n) is 5.51. The Morgan fingerprint density at radius 3 is 2.73 bits per heavy atom. The van der Waals surface area contributed by atoms with Gasteiger partial charge in [0.1, 0.15) is 0 Å². The highest BCUT2D eigenvalue weighted by Crippen LogP contribution is 2.06. The zero-order chi connectivity index (χ0) is 11.3. The van der Waals surface area contributed by atoms with Crippen LogP contribution in [0.1, 0.15) is 24.7 Å². The van der Waals surface area contributed by atoms with Crippen molar-refractivity contribution >= 4 is 0 Å². The van der Waals surface area contributed by atoms with Crippen molar-refractivity contribution in [2.75, 3.05) is 13.2 Å². The third-order valence-electron chi connectivity index (χ3n) is 2.78. The van der Waals surface area contributed by atoms with Crippen LogP contribution in [-0.2, 0) is 6.54 Å². The molecule has 0 bridgehead atoms. The van der Waals surface area contributed by atoms with Crippen LogP contribution in [0.3, 0.4) is 0 Å². The SMILES string of the molecule is CCNC(CO)CCn1cnc(C)c1C. The molecule has 1 atom stereocenters. The third-order valence-corrected chi connectivity index (χ3v) is 2.78. The van der Waals surface area contributed by atoms with Gasteiger partial charge < -0.3 is 15.0 Å². The summed E-state index contributed by atoms with van der Waals surface area (Å²) in [6, 6.07) is 0.192. The van der Waals surface area contributed by atoms with E-state index in [-0.39, 0.29) is 12.6 Å². The number of nitrogens with one attached hydrogen (secondary N) is 1. The molecule has 0 fully saturated rings. The first kappa shape index (κ1) is 12.2. The quantitative estimate of drug-likeness (QED) is 0.734. The molecule has 15 heavy (non-hydrogen) atoms. The number of aliphatic hydroxyl groups is 1. The molecule has 4 nitrogen and oxygen atoms in total. The first-order valence-corrected chi connectivity index (χ1v) is 5.51. The molecule has 86 valence electrons. The summed E-state index contributed by atoms with van der Waals surface area (Å²) >= 11 is 0. The van der Waals surface area contributed by atoms with Gasteiger partial charge in [-0.2, -0.15) is 0 Å². The number of aryl methyl sites for hydroxylation is 2. The molecule has 1 rings (SSSR count). The summed E-state index contributed by atoms with van der Waals surface area (Å²) in [4.78, 5) is 4.25. The van der Waals surface area contributed by atoms with E-state index >= 15 is 0 Å². The Balaban J connectivity index is 2.45. The molecule has 1 heterocycles. The zero-order valence-electron chi connectivity index (χ0n) is 9.82. The topological polar surface area (TPSA) is 50.1 Å². The average molecular weight is 211 g/mol. The summed E-state index contributed by atoms with van der Waals surface area (Å²) in [7, 11) is 0. The zero-order valence-corrected chi connectivity index (χ0v) is 9.82. The normalized spacial score (nSPS) is 13.1. The lowest BCUT2D eigenvalue weighted by atomic mass is 10.2. The van der Waals surface area contributed by atoms with Gasteiger partial charge in [-0.15, -0.1) is 0 Å². The van der Waals surface area contributed by atoms with Gasteiger partial charge in [-0.25, -0.2) is 4.98 Å². The van der Waals surface area contributed by atoms with Crippen molar-refractivity contribution in [2.24, 2.45) is 0 Å². The third kappa shape index (κ3) is 3.32. The minimum Gasteiger partial charge on any atom is -0.395 e. The molecule has 1 unspecified atom stereocenters. The summed E-state index contributed by atoms with van der Waals surface area (Å²) in [6.07, 6.45) is 2.80. The predicted molar refractivity (Wildman–Crippen MR) is 60.9 cm³/mol. The van der Waals surface area contributed by atoms with E-state index in [4.69, 9.17) is 5.11 Å². The van der Waals surface area contributed by atoms with Crippen molar-refractivity contribution in [3.8, 4) is 0 Å². The van der Waals surface area contributed by atoms with Gasteiger partial charge in [0.2, 0.25) is 0 Å². The van der Waals surface area contributed by atoms with Crippen LogP contribution in [0.15, 0.2) is 6.33 Å². The van der Waals surface area contributed by atoms with Gasteiger partial charge in [0.25, 0.3) is 0 Å². The van der Waals surface area contributed by atoms with Crippen LogP contribution in [0.4, 0.5) is 0 Å². The Morgan fingerprint density at radius 1 is 1.53 bits per heavy atom. The molecule has 0 spiro atoms. The van der Waals surface area contributed by atoms with E-state index in [1.165, 1.54) is 5.69 Å². The van der Waals surface area contributed by atoms with Crippen molar-refractivity contribution in [2.45, 2.75) is 39.8 Å². The molecule has 0 aromatic carbocycles. The Morgan fingerprint density at radius 2 is 2.27 bits per heavy atom. The van der Waals surface area contributed by atoms with Crippen molar-refractivity contribution in [1.29, 1.82) is 0 Å². The summed E-state index contributed by atoms with van der Waals surface area (Å²) in [5, 5.41) is 12.4. The maximum Gasteiger partial charge on any atom is 0.0951 e. The minimum atomic E-state index is 0.192. The van der Waals surface area contributed by atoms with Gasteiger partial charge in [0.05, 0.1) is 18.6 Å². The second-order valence-electron chi connectivity index (χ2n) is 3.83. The molecule has 0 aliphatic heterocycles. The van der Waals surface area contributed by atoms with Crippen LogP contribution in [0.2, 0.25) is 0 Å². The maximum absolute atomic E-state index is 9.12. The number of imidazole rings is 1. The fourth-order valence-corrected chi connectivity index (χ4v) is 1.61. The lowest BCUT2D eigenvalue weighted by Gasteiger charge is -2.15. The summed E-state index contributed by atoms with van der Waals surface area (Å²) < 4.78 is 2.13. The number of aliphatic hydroxyl groups excluding tert-OH is 1. The Kier molecular flexibility index (Phi) is 4.78. The Hall–Kier alpha value is -0.870. The lowest BCUT2D eigenvalue weighted by molar-refractivity contribution is 0.233.